The van der Waals surface area contributed by atoms with Gasteiger partial charge in [0, 0.05) is 49.5 Å². The third-order valence-corrected chi connectivity index (χ3v) is 9.55. The molecule has 3 aliphatic heterocycles. The molecule has 0 aromatic heterocycles. The summed E-state index contributed by atoms with van der Waals surface area (Å²) in [7, 11) is 0. The van der Waals surface area contributed by atoms with E-state index in [2.05, 4.69) is 50.0 Å². The van der Waals surface area contributed by atoms with Gasteiger partial charge in [0.2, 0.25) is 11.8 Å². The van der Waals surface area contributed by atoms with Gasteiger partial charge in [0.1, 0.15) is 6.61 Å². The monoisotopic (exact) mass is 503 g/mol. The third kappa shape index (κ3) is 4.12. The first kappa shape index (κ1) is 24.4. The Kier molecular flexibility index (Phi) is 5.64. The van der Waals surface area contributed by atoms with E-state index in [0.29, 0.717) is 19.6 Å². The molecule has 1 aromatic carbocycles. The molecule has 4 fully saturated rings. The Morgan fingerprint density at radius 2 is 1.73 bits per heavy atom. The quantitative estimate of drug-likeness (QED) is 0.610. The number of benzene rings is 1. The Balaban J connectivity index is 1.25. The normalized spacial score (nSPS) is 33.5. The largest absolute Gasteiger partial charge is 0.447 e. The van der Waals surface area contributed by atoms with E-state index in [9.17, 15) is 14.4 Å². The molecule has 196 valence electrons. The molecule has 37 heavy (non-hydrogen) atoms. The van der Waals surface area contributed by atoms with Crippen molar-refractivity contribution in [2.45, 2.75) is 46.2 Å². The summed E-state index contributed by atoms with van der Waals surface area (Å²) in [5, 5.41) is 0. The second-order valence-electron chi connectivity index (χ2n) is 12.8. The summed E-state index contributed by atoms with van der Waals surface area (Å²) in [6, 6.07) is 9.94. The van der Waals surface area contributed by atoms with Gasteiger partial charge in [-0.25, -0.2) is 9.69 Å². The first-order valence-electron chi connectivity index (χ1n) is 13.5. The molecule has 0 radical (unpaired) electrons. The van der Waals surface area contributed by atoms with Crippen molar-refractivity contribution in [1.29, 1.82) is 0 Å². The van der Waals surface area contributed by atoms with Gasteiger partial charge in [-0.05, 0) is 23.8 Å². The van der Waals surface area contributed by atoms with Crippen molar-refractivity contribution in [3.63, 3.8) is 0 Å². The minimum atomic E-state index is -0.539. The predicted octanol–water partition coefficient (Wildman–Crippen LogP) is 3.86. The van der Waals surface area contributed by atoms with Crippen LogP contribution in [0.4, 0.5) is 4.79 Å². The van der Waals surface area contributed by atoms with Crippen molar-refractivity contribution in [2.24, 2.45) is 28.1 Å². The van der Waals surface area contributed by atoms with Gasteiger partial charge >= 0.3 is 6.09 Å². The molecule has 1 spiro atoms. The zero-order chi connectivity index (χ0) is 26.0. The maximum Gasteiger partial charge on any atom is 0.417 e. The summed E-state index contributed by atoms with van der Waals surface area (Å²) in [5.74, 6) is -0.197. The minimum Gasteiger partial charge on any atom is -0.447 e. The van der Waals surface area contributed by atoms with Crippen LogP contribution in [0.3, 0.4) is 0 Å². The van der Waals surface area contributed by atoms with E-state index in [4.69, 9.17) is 4.74 Å². The molecule has 3 amide bonds. The first-order valence-corrected chi connectivity index (χ1v) is 13.5. The fraction of sp³-hybridized carbons (Fsp3) is 0.567. The molecule has 6 rings (SSSR count). The third-order valence-electron chi connectivity index (χ3n) is 9.55. The molecular weight excluding hydrogens is 466 g/mol. The van der Waals surface area contributed by atoms with Gasteiger partial charge in [-0.2, -0.15) is 0 Å². The SMILES string of the molecule is CC1(C)C[C@@H]1C(=O)N1CC2(CN(Cc3ccccc3)C[C@H]2C(=O)N2C(=O)OC[C@H]2C2(C)C=CC=CC2)C1. The van der Waals surface area contributed by atoms with Crippen molar-refractivity contribution in [2.75, 3.05) is 32.8 Å². The van der Waals surface area contributed by atoms with Crippen LogP contribution in [0, 0.1) is 28.1 Å². The molecule has 0 bridgehead atoms. The number of carbonyl (C=O) groups is 3. The van der Waals surface area contributed by atoms with Crippen LogP contribution in [0.25, 0.3) is 0 Å². The molecule has 1 unspecified atom stereocenters. The van der Waals surface area contributed by atoms with Gasteiger partial charge in [0.25, 0.3) is 0 Å². The topological polar surface area (TPSA) is 70.2 Å². The van der Waals surface area contributed by atoms with Crippen molar-refractivity contribution >= 4 is 17.9 Å². The minimum absolute atomic E-state index is 0.0774. The second kappa shape index (κ2) is 8.55. The molecule has 7 nitrogen and oxygen atoms in total. The number of imide groups is 1. The zero-order valence-electron chi connectivity index (χ0n) is 22.1. The molecule has 7 heteroatoms. The number of nitrogens with zero attached hydrogens (tertiary/aromatic N) is 3. The average Bonchev–Trinajstić information content (AvgIpc) is 3.16. The van der Waals surface area contributed by atoms with Crippen molar-refractivity contribution in [3.05, 3.63) is 60.2 Å². The molecule has 0 N–H and O–H groups in total. The molecule has 1 aromatic rings. The van der Waals surface area contributed by atoms with E-state index in [1.165, 1.54) is 10.5 Å². The molecule has 1 saturated carbocycles. The lowest BCUT2D eigenvalue weighted by Gasteiger charge is -2.51. The summed E-state index contributed by atoms with van der Waals surface area (Å²) < 4.78 is 5.47. The van der Waals surface area contributed by atoms with Crippen molar-refractivity contribution < 1.29 is 19.1 Å². The fourth-order valence-electron chi connectivity index (χ4n) is 6.98. The number of amides is 3. The highest BCUT2D eigenvalue weighted by Gasteiger charge is 2.63. The van der Waals surface area contributed by atoms with E-state index in [1.807, 2.05) is 35.3 Å². The standard InChI is InChI=1S/C30H37N3O4/c1-28(2)14-22(28)25(34)32-19-30(20-32)18-31(15-21-10-6-4-7-11-21)16-23(30)26(35)33-24(17-37-27(33)36)29(3)12-8-5-9-13-29/h4-12,22-24H,13-20H2,1-3H3/t22-,23+,24+,29?/m1/s1. The number of hydrogen-bond donors (Lipinski definition) is 0. The molecule has 3 heterocycles. The van der Waals surface area contributed by atoms with Gasteiger partial charge in [0.05, 0.1) is 12.0 Å². The molecule has 2 aliphatic carbocycles. The number of rotatable bonds is 5. The Labute approximate surface area is 219 Å². The van der Waals surface area contributed by atoms with E-state index in [0.717, 1.165) is 25.9 Å². The predicted molar refractivity (Wildman–Crippen MR) is 139 cm³/mol. The van der Waals surface area contributed by atoms with E-state index < -0.39 is 6.09 Å². The van der Waals surface area contributed by atoms with E-state index >= 15 is 0 Å². The Morgan fingerprint density at radius 3 is 2.38 bits per heavy atom. The highest BCUT2D eigenvalue weighted by Crippen LogP contribution is 2.55. The number of likely N-dealkylation sites (tertiary alicyclic amines) is 2. The number of ether oxygens (including phenoxy) is 1. The first-order chi connectivity index (χ1) is 17.6. The van der Waals surface area contributed by atoms with Crippen molar-refractivity contribution in [3.8, 4) is 0 Å². The lowest BCUT2D eigenvalue weighted by atomic mass is 9.70. The molecular formula is C30H37N3O4. The maximum atomic E-state index is 14.2. The Morgan fingerprint density at radius 1 is 1.00 bits per heavy atom. The summed E-state index contributed by atoms with van der Waals surface area (Å²) in [6.45, 7) is 9.81. The maximum absolute atomic E-state index is 14.2. The summed E-state index contributed by atoms with van der Waals surface area (Å²) in [5.41, 5.74) is 0.582. The van der Waals surface area contributed by atoms with Crippen LogP contribution < -0.4 is 0 Å². The Bertz CT molecular complexity index is 1170. The zero-order valence-corrected chi connectivity index (χ0v) is 22.1. The molecule has 5 aliphatic rings. The van der Waals surface area contributed by atoms with Crippen LogP contribution in [-0.2, 0) is 20.9 Å². The van der Waals surface area contributed by atoms with Crippen LogP contribution in [0.15, 0.2) is 54.6 Å². The fourth-order valence-corrected chi connectivity index (χ4v) is 6.98. The van der Waals surface area contributed by atoms with Crippen LogP contribution in [0.5, 0.6) is 0 Å². The lowest BCUT2D eigenvalue weighted by molar-refractivity contribution is -0.154. The number of cyclic esters (lactones) is 1. The highest BCUT2D eigenvalue weighted by atomic mass is 16.6. The lowest BCUT2D eigenvalue weighted by Crippen LogP contribution is -2.65. The van der Waals surface area contributed by atoms with Gasteiger partial charge in [-0.1, -0.05) is 75.4 Å². The van der Waals surface area contributed by atoms with E-state index in [1.54, 1.807) is 0 Å². The highest BCUT2D eigenvalue weighted by molar-refractivity contribution is 5.96. The molecule has 4 atom stereocenters. The summed E-state index contributed by atoms with van der Waals surface area (Å²) in [6.07, 6.45) is 9.31. The van der Waals surface area contributed by atoms with Crippen LogP contribution >= 0.6 is 0 Å². The smallest absolute Gasteiger partial charge is 0.417 e. The van der Waals surface area contributed by atoms with Gasteiger partial charge in [-0.3, -0.25) is 14.5 Å². The number of carbonyl (C=O) groups excluding carboxylic acids is 3. The number of hydrogen-bond acceptors (Lipinski definition) is 5. The van der Waals surface area contributed by atoms with Gasteiger partial charge in [0.15, 0.2) is 0 Å². The van der Waals surface area contributed by atoms with Gasteiger partial charge < -0.3 is 9.64 Å². The van der Waals surface area contributed by atoms with Gasteiger partial charge in [-0.15, -0.1) is 0 Å². The van der Waals surface area contributed by atoms with Crippen LogP contribution in [0.2, 0.25) is 0 Å². The second-order valence-corrected chi connectivity index (χ2v) is 12.8. The van der Waals surface area contributed by atoms with Crippen LogP contribution in [0.1, 0.15) is 39.2 Å². The van der Waals surface area contributed by atoms with E-state index in [-0.39, 0.29) is 52.5 Å². The average molecular weight is 504 g/mol. The van der Waals surface area contributed by atoms with Crippen molar-refractivity contribution in [1.82, 2.24) is 14.7 Å². The summed E-state index contributed by atoms with van der Waals surface area (Å²) in [4.78, 5) is 46.0. The molecule has 3 saturated heterocycles. The van der Waals surface area contributed by atoms with Crippen LogP contribution in [-0.4, -0.2) is 71.4 Å². The Hall–Kier alpha value is -2.93. The number of allylic oxidation sites excluding steroid dienone is 3. The summed E-state index contributed by atoms with van der Waals surface area (Å²) >= 11 is 0.